The number of rotatable bonds is 6. The van der Waals surface area contributed by atoms with Crippen molar-refractivity contribution in [3.05, 3.63) is 99.6 Å². The lowest BCUT2D eigenvalue weighted by Crippen LogP contribution is -2.35. The highest BCUT2D eigenvalue weighted by molar-refractivity contribution is 6.31. The maximum atomic E-state index is 12.9. The third-order valence-electron chi connectivity index (χ3n) is 4.95. The lowest BCUT2D eigenvalue weighted by Gasteiger charge is -2.14. The Morgan fingerprint density at radius 2 is 1.71 bits per heavy atom. The summed E-state index contributed by atoms with van der Waals surface area (Å²) in [6.45, 7) is 0. The molecule has 4 rings (SSSR count). The van der Waals surface area contributed by atoms with E-state index in [1.54, 1.807) is 42.5 Å². The summed E-state index contributed by atoms with van der Waals surface area (Å²) in [6, 6.07) is 18.3. The summed E-state index contributed by atoms with van der Waals surface area (Å²) < 4.78 is 10.4. The number of para-hydroxylation sites is 2. The van der Waals surface area contributed by atoms with Crippen LogP contribution in [-0.4, -0.2) is 29.8 Å². The highest BCUT2D eigenvalue weighted by Gasteiger charge is 2.35. The fourth-order valence-electron chi connectivity index (χ4n) is 3.26. The standard InChI is InChI=1S/C24H17N3O7/c1-33-18-12-10-15(11-13-18)24(30)34-21-16(6-5-9-20(21)27(31)32)14-19-22(28)25-26(23(19)29)17-7-3-2-4-8-17/h2-14H,1H3,(H,25,28). The predicted octanol–water partition coefficient (Wildman–Crippen LogP) is 3.28. The third kappa shape index (κ3) is 4.32. The van der Waals surface area contributed by atoms with E-state index < -0.39 is 28.4 Å². The minimum absolute atomic E-state index is 0.0180. The molecular formula is C24H17N3O7. The number of carbonyl (C=O) groups excluding carboxylic acids is 3. The van der Waals surface area contributed by atoms with Gasteiger partial charge >= 0.3 is 11.7 Å². The van der Waals surface area contributed by atoms with Crippen molar-refractivity contribution in [3.63, 3.8) is 0 Å². The van der Waals surface area contributed by atoms with Crippen molar-refractivity contribution in [2.24, 2.45) is 0 Å². The van der Waals surface area contributed by atoms with E-state index in [0.717, 1.165) is 17.2 Å². The maximum absolute atomic E-state index is 12.9. The monoisotopic (exact) mass is 459 g/mol. The number of ether oxygens (including phenoxy) is 2. The topological polar surface area (TPSA) is 128 Å². The maximum Gasteiger partial charge on any atom is 0.343 e. The Labute approximate surface area is 193 Å². The Kier molecular flexibility index (Phi) is 6.04. The first-order valence-electron chi connectivity index (χ1n) is 9.95. The summed E-state index contributed by atoms with van der Waals surface area (Å²) in [5, 5.41) is 12.7. The Morgan fingerprint density at radius 1 is 1.00 bits per heavy atom. The summed E-state index contributed by atoms with van der Waals surface area (Å²) in [7, 11) is 1.47. The zero-order valence-electron chi connectivity index (χ0n) is 17.8. The van der Waals surface area contributed by atoms with Gasteiger partial charge in [0, 0.05) is 11.6 Å². The molecule has 0 radical (unpaired) electrons. The molecule has 1 fully saturated rings. The Bertz CT molecular complexity index is 1320. The number of hydrogen-bond donors (Lipinski definition) is 1. The molecular weight excluding hydrogens is 442 g/mol. The van der Waals surface area contributed by atoms with Crippen LogP contribution in [0.5, 0.6) is 11.5 Å². The molecule has 3 aromatic rings. The summed E-state index contributed by atoms with van der Waals surface area (Å²) in [4.78, 5) is 49.0. The molecule has 10 heteroatoms. The lowest BCUT2D eigenvalue weighted by molar-refractivity contribution is -0.385. The first-order chi connectivity index (χ1) is 16.4. The second-order valence-corrected chi connectivity index (χ2v) is 7.05. The molecule has 0 bridgehead atoms. The highest BCUT2D eigenvalue weighted by Crippen LogP contribution is 2.34. The van der Waals surface area contributed by atoms with Crippen molar-refractivity contribution in [3.8, 4) is 11.5 Å². The minimum atomic E-state index is -0.857. The van der Waals surface area contributed by atoms with Crippen molar-refractivity contribution < 1.29 is 28.8 Å². The van der Waals surface area contributed by atoms with Crippen LogP contribution in [0.2, 0.25) is 0 Å². The van der Waals surface area contributed by atoms with Crippen LogP contribution in [0.1, 0.15) is 15.9 Å². The quantitative estimate of drug-likeness (QED) is 0.150. The summed E-state index contributed by atoms with van der Waals surface area (Å²) >= 11 is 0. The van der Waals surface area contributed by atoms with Crippen LogP contribution in [0.15, 0.2) is 78.4 Å². The second kappa shape index (κ2) is 9.25. The summed E-state index contributed by atoms with van der Waals surface area (Å²) in [5.74, 6) is -2.09. The lowest BCUT2D eigenvalue weighted by atomic mass is 10.1. The zero-order chi connectivity index (χ0) is 24.2. The number of hydrogen-bond acceptors (Lipinski definition) is 7. The number of nitrogens with zero attached hydrogens (tertiary/aromatic N) is 2. The molecule has 10 nitrogen and oxygen atoms in total. The molecule has 1 saturated heterocycles. The minimum Gasteiger partial charge on any atom is -0.497 e. The van der Waals surface area contributed by atoms with Crippen molar-refractivity contribution in [2.45, 2.75) is 0 Å². The van der Waals surface area contributed by atoms with Crippen LogP contribution in [-0.2, 0) is 9.59 Å². The molecule has 0 atom stereocenters. The van der Waals surface area contributed by atoms with Gasteiger partial charge in [-0.2, -0.15) is 0 Å². The zero-order valence-corrected chi connectivity index (χ0v) is 17.8. The van der Waals surface area contributed by atoms with Gasteiger partial charge in [0.2, 0.25) is 5.75 Å². The van der Waals surface area contributed by atoms with E-state index in [0.29, 0.717) is 11.4 Å². The number of hydrazine groups is 1. The molecule has 0 aromatic heterocycles. The Hall–Kier alpha value is -4.99. The molecule has 1 aliphatic rings. The van der Waals surface area contributed by atoms with E-state index >= 15 is 0 Å². The molecule has 170 valence electrons. The van der Waals surface area contributed by atoms with Gasteiger partial charge in [-0.05, 0) is 42.5 Å². The summed E-state index contributed by atoms with van der Waals surface area (Å²) in [6.07, 6.45) is 1.16. The number of carbonyl (C=O) groups is 3. The average molecular weight is 459 g/mol. The first-order valence-corrected chi connectivity index (χ1v) is 9.95. The molecule has 1 N–H and O–H groups in total. The number of methoxy groups -OCH3 is 1. The van der Waals surface area contributed by atoms with Crippen LogP contribution >= 0.6 is 0 Å². The molecule has 1 aliphatic heterocycles. The van der Waals surface area contributed by atoms with Gasteiger partial charge in [-0.1, -0.05) is 30.3 Å². The number of benzene rings is 3. The number of nitro benzene ring substituents is 1. The average Bonchev–Trinajstić information content (AvgIpc) is 3.13. The van der Waals surface area contributed by atoms with Gasteiger partial charge in [-0.25, -0.2) is 9.80 Å². The number of esters is 1. The van der Waals surface area contributed by atoms with Gasteiger partial charge in [-0.15, -0.1) is 0 Å². The smallest absolute Gasteiger partial charge is 0.343 e. The molecule has 0 unspecified atom stereocenters. The van der Waals surface area contributed by atoms with E-state index in [4.69, 9.17) is 9.47 Å². The molecule has 0 saturated carbocycles. The van der Waals surface area contributed by atoms with Crippen molar-refractivity contribution in [1.82, 2.24) is 5.43 Å². The molecule has 3 aromatic carbocycles. The third-order valence-corrected chi connectivity index (χ3v) is 4.95. The van der Waals surface area contributed by atoms with E-state index in [1.165, 1.54) is 31.4 Å². The highest BCUT2D eigenvalue weighted by atomic mass is 16.6. The Balaban J connectivity index is 1.71. The fraction of sp³-hybridized carbons (Fsp3) is 0.0417. The molecule has 2 amide bonds. The van der Waals surface area contributed by atoms with Crippen LogP contribution in [0.4, 0.5) is 11.4 Å². The number of anilines is 1. The molecule has 0 aliphatic carbocycles. The van der Waals surface area contributed by atoms with Gasteiger partial charge < -0.3 is 9.47 Å². The number of amides is 2. The Morgan fingerprint density at radius 3 is 2.35 bits per heavy atom. The van der Waals surface area contributed by atoms with E-state index in [1.807, 2.05) is 0 Å². The molecule has 0 spiro atoms. The van der Waals surface area contributed by atoms with E-state index in [-0.39, 0.29) is 22.4 Å². The SMILES string of the molecule is COc1ccc(C(=O)Oc2c(C=C3C(=O)NN(c4ccccc4)C3=O)cccc2[N+](=O)[O-])cc1. The summed E-state index contributed by atoms with van der Waals surface area (Å²) in [5.41, 5.74) is 2.26. The van der Waals surface area contributed by atoms with Gasteiger partial charge in [-0.3, -0.25) is 25.1 Å². The van der Waals surface area contributed by atoms with Crippen molar-refractivity contribution >= 4 is 35.2 Å². The van der Waals surface area contributed by atoms with Crippen LogP contribution in [0.3, 0.4) is 0 Å². The first kappa shape index (κ1) is 22.2. The second-order valence-electron chi connectivity index (χ2n) is 7.05. The van der Waals surface area contributed by atoms with E-state index in [2.05, 4.69) is 5.43 Å². The van der Waals surface area contributed by atoms with Gasteiger partial charge in [0.05, 0.1) is 23.3 Å². The molecule has 1 heterocycles. The number of nitrogens with one attached hydrogen (secondary N) is 1. The van der Waals surface area contributed by atoms with Gasteiger partial charge in [0.15, 0.2) is 0 Å². The van der Waals surface area contributed by atoms with Crippen molar-refractivity contribution in [2.75, 3.05) is 12.1 Å². The van der Waals surface area contributed by atoms with Gasteiger partial charge in [0.25, 0.3) is 11.8 Å². The molecule has 34 heavy (non-hydrogen) atoms. The largest absolute Gasteiger partial charge is 0.497 e. The fourth-order valence-corrected chi connectivity index (χ4v) is 3.26. The van der Waals surface area contributed by atoms with Crippen LogP contribution < -0.4 is 19.9 Å². The van der Waals surface area contributed by atoms with Crippen LogP contribution in [0.25, 0.3) is 6.08 Å². The van der Waals surface area contributed by atoms with Crippen molar-refractivity contribution in [1.29, 1.82) is 0 Å². The van der Waals surface area contributed by atoms with E-state index in [9.17, 15) is 24.5 Å². The predicted molar refractivity (Wildman–Crippen MR) is 121 cm³/mol. The number of nitro groups is 1. The van der Waals surface area contributed by atoms with Crippen LogP contribution in [0, 0.1) is 10.1 Å². The van der Waals surface area contributed by atoms with Gasteiger partial charge in [0.1, 0.15) is 11.3 Å². The normalized spacial score (nSPS) is 14.1.